The Kier molecular flexibility index (Phi) is 8.42. The minimum Gasteiger partial charge on any atom is -0.475 e. The van der Waals surface area contributed by atoms with Crippen LogP contribution in [0.1, 0.15) is 17.5 Å². The van der Waals surface area contributed by atoms with Crippen molar-refractivity contribution in [3.05, 3.63) is 58.7 Å². The Balaban J connectivity index is 0.000000479. The van der Waals surface area contributed by atoms with Gasteiger partial charge < -0.3 is 15.7 Å². The van der Waals surface area contributed by atoms with Gasteiger partial charge in [-0.25, -0.2) is 18.2 Å². The Bertz CT molecular complexity index is 1460. The molecule has 0 aliphatic carbocycles. The molecule has 2 aromatic heterocycles. The SMILES string of the molecule is N=C(N)c1cccc(CN2CCC(NS(=O)(=O)c3cc4nc(Cl)ccc4s3)C2=O)c1.O=C(O)C(F)(F)F. The first-order valence-corrected chi connectivity index (χ1v) is 13.0. The predicted octanol–water partition coefficient (Wildman–Crippen LogP) is 2.95. The number of nitrogens with one attached hydrogen (secondary N) is 2. The number of likely N-dealkylation sites (tertiary alicyclic amines) is 1. The molecule has 1 aliphatic heterocycles. The summed E-state index contributed by atoms with van der Waals surface area (Å²) in [5, 5.41) is 14.9. The normalized spacial score (nSPS) is 15.9. The molecule has 1 unspecified atom stereocenters. The second-order valence-electron chi connectivity index (χ2n) is 7.72. The number of alkyl halides is 3. The number of halogens is 4. The zero-order chi connectivity index (χ0) is 27.5. The van der Waals surface area contributed by atoms with Crippen molar-refractivity contribution >= 4 is 60.9 Å². The van der Waals surface area contributed by atoms with Crippen LogP contribution in [0, 0.1) is 5.41 Å². The largest absolute Gasteiger partial charge is 0.490 e. The van der Waals surface area contributed by atoms with Crippen molar-refractivity contribution in [2.24, 2.45) is 5.73 Å². The number of nitrogen functional groups attached to an aromatic ring is 1. The number of carboxylic acids is 1. The Morgan fingerprint density at radius 2 is 1.97 bits per heavy atom. The predicted molar refractivity (Wildman–Crippen MR) is 130 cm³/mol. The maximum absolute atomic E-state index is 12.8. The lowest BCUT2D eigenvalue weighted by Gasteiger charge is -2.17. The topological polar surface area (TPSA) is 167 Å². The quantitative estimate of drug-likeness (QED) is 0.198. The summed E-state index contributed by atoms with van der Waals surface area (Å²) < 4.78 is 60.7. The lowest BCUT2D eigenvalue weighted by molar-refractivity contribution is -0.192. The summed E-state index contributed by atoms with van der Waals surface area (Å²) in [7, 11) is -3.87. The third kappa shape index (κ3) is 7.15. The number of hydrogen-bond donors (Lipinski definition) is 4. The highest BCUT2D eigenvalue weighted by Gasteiger charge is 2.38. The van der Waals surface area contributed by atoms with Gasteiger partial charge in [-0.1, -0.05) is 29.8 Å². The zero-order valence-corrected chi connectivity index (χ0v) is 21.0. The number of thiophene rings is 1. The molecule has 0 saturated carbocycles. The number of aromatic nitrogens is 1. The monoisotopic (exact) mass is 577 g/mol. The van der Waals surface area contributed by atoms with Gasteiger partial charge in [0.25, 0.3) is 10.0 Å². The molecule has 1 saturated heterocycles. The minimum absolute atomic E-state index is 0.0469. The zero-order valence-electron chi connectivity index (χ0n) is 18.6. The molecule has 1 aromatic carbocycles. The molecule has 10 nitrogen and oxygen atoms in total. The van der Waals surface area contributed by atoms with Crippen LogP contribution in [0.5, 0.6) is 0 Å². The maximum atomic E-state index is 12.8. The van der Waals surface area contributed by atoms with Crippen molar-refractivity contribution in [3.8, 4) is 0 Å². The van der Waals surface area contributed by atoms with Crippen molar-refractivity contribution in [3.63, 3.8) is 0 Å². The minimum atomic E-state index is -5.08. The van der Waals surface area contributed by atoms with Crippen molar-refractivity contribution in [1.29, 1.82) is 5.41 Å². The molecule has 4 rings (SSSR count). The van der Waals surface area contributed by atoms with Crippen molar-refractivity contribution < 1.29 is 36.3 Å². The van der Waals surface area contributed by atoms with E-state index < -0.39 is 28.2 Å². The van der Waals surface area contributed by atoms with E-state index in [4.69, 9.17) is 32.6 Å². The number of nitrogens with two attached hydrogens (primary N) is 1. The smallest absolute Gasteiger partial charge is 0.475 e. The van der Waals surface area contributed by atoms with E-state index in [0.717, 1.165) is 16.9 Å². The second kappa shape index (κ2) is 11.0. The van der Waals surface area contributed by atoms with Gasteiger partial charge in [0.2, 0.25) is 5.91 Å². The van der Waals surface area contributed by atoms with Gasteiger partial charge in [0.1, 0.15) is 21.2 Å². The summed E-state index contributed by atoms with van der Waals surface area (Å²) in [6.45, 7) is 0.753. The van der Waals surface area contributed by atoms with Gasteiger partial charge in [0, 0.05) is 18.7 Å². The number of aliphatic carboxylic acids is 1. The number of carbonyl (C=O) groups excluding carboxylic acids is 1. The molecule has 0 spiro atoms. The number of rotatable bonds is 6. The molecule has 198 valence electrons. The Hall–Kier alpha value is -3.27. The first-order valence-electron chi connectivity index (χ1n) is 10.3. The number of hydrogen-bond acceptors (Lipinski definition) is 7. The number of pyridine rings is 1. The fourth-order valence-electron chi connectivity index (χ4n) is 3.32. The van der Waals surface area contributed by atoms with Gasteiger partial charge in [-0.15, -0.1) is 11.3 Å². The number of benzene rings is 1. The lowest BCUT2D eigenvalue weighted by Crippen LogP contribution is -2.41. The Morgan fingerprint density at radius 3 is 2.59 bits per heavy atom. The molecule has 0 bridgehead atoms. The maximum Gasteiger partial charge on any atom is 0.490 e. The van der Waals surface area contributed by atoms with Crippen LogP contribution in [-0.4, -0.2) is 59.9 Å². The molecule has 3 heterocycles. The second-order valence-corrected chi connectivity index (χ2v) is 11.1. The highest BCUT2D eigenvalue weighted by Crippen LogP contribution is 2.29. The third-order valence-corrected chi connectivity index (χ3v) is 8.28. The van der Waals surface area contributed by atoms with Crippen LogP contribution < -0.4 is 10.5 Å². The van der Waals surface area contributed by atoms with E-state index in [2.05, 4.69) is 9.71 Å². The van der Waals surface area contributed by atoms with Crippen LogP contribution in [0.25, 0.3) is 10.2 Å². The summed E-state index contributed by atoms with van der Waals surface area (Å²) in [6.07, 6.45) is -4.71. The molecular weight excluding hydrogens is 559 g/mol. The molecule has 5 N–H and O–H groups in total. The summed E-state index contributed by atoms with van der Waals surface area (Å²) in [6, 6.07) is 11.0. The van der Waals surface area contributed by atoms with E-state index in [9.17, 15) is 26.4 Å². The van der Waals surface area contributed by atoms with Crippen LogP contribution in [0.3, 0.4) is 0 Å². The summed E-state index contributed by atoms with van der Waals surface area (Å²) in [4.78, 5) is 27.4. The Morgan fingerprint density at radius 1 is 1.30 bits per heavy atom. The van der Waals surface area contributed by atoms with Gasteiger partial charge in [-0.3, -0.25) is 10.2 Å². The number of carboxylic acid groups (broad SMARTS) is 1. The van der Waals surface area contributed by atoms with E-state index >= 15 is 0 Å². The number of sulfonamides is 1. The molecule has 1 aliphatic rings. The van der Waals surface area contributed by atoms with Gasteiger partial charge in [0.15, 0.2) is 0 Å². The number of amidine groups is 1. The molecule has 16 heteroatoms. The van der Waals surface area contributed by atoms with Gasteiger partial charge in [-0.05, 0) is 36.2 Å². The van der Waals surface area contributed by atoms with Crippen molar-refractivity contribution in [1.82, 2.24) is 14.6 Å². The van der Waals surface area contributed by atoms with Crippen LogP contribution in [0.4, 0.5) is 13.2 Å². The van der Waals surface area contributed by atoms with Gasteiger partial charge in [-0.2, -0.15) is 17.9 Å². The summed E-state index contributed by atoms with van der Waals surface area (Å²) >= 11 is 6.94. The number of amides is 1. The lowest BCUT2D eigenvalue weighted by atomic mass is 10.1. The number of nitrogens with zero attached hydrogens (tertiary/aromatic N) is 2. The number of fused-ring (bicyclic) bond motifs is 1. The molecule has 3 aromatic rings. The molecular formula is C21H19ClF3N5O5S2. The first-order chi connectivity index (χ1) is 17.2. The summed E-state index contributed by atoms with van der Waals surface area (Å²) in [5.74, 6) is -3.09. The highest BCUT2D eigenvalue weighted by atomic mass is 35.5. The Labute approximate surface area is 217 Å². The average Bonchev–Trinajstić information content (AvgIpc) is 3.38. The molecule has 0 radical (unpaired) electrons. The van der Waals surface area contributed by atoms with Crippen LogP contribution in [0.2, 0.25) is 5.15 Å². The van der Waals surface area contributed by atoms with Gasteiger partial charge >= 0.3 is 12.1 Å². The fraction of sp³-hybridized carbons (Fsp3) is 0.238. The van der Waals surface area contributed by atoms with Crippen LogP contribution in [0.15, 0.2) is 46.7 Å². The van der Waals surface area contributed by atoms with Crippen molar-refractivity contribution in [2.45, 2.75) is 29.4 Å². The molecule has 37 heavy (non-hydrogen) atoms. The van der Waals surface area contributed by atoms with E-state index in [1.54, 1.807) is 35.2 Å². The van der Waals surface area contributed by atoms with E-state index in [-0.39, 0.29) is 21.1 Å². The first kappa shape index (κ1) is 28.3. The third-order valence-electron chi connectivity index (χ3n) is 5.03. The molecule has 1 amide bonds. The number of carbonyl (C=O) groups is 2. The molecule has 1 fully saturated rings. The standard InChI is InChI=1S/C19H18ClN5O3S2.C2HF3O2/c20-16-5-4-15-14(23-16)9-17(29-15)30(27,28)24-13-6-7-25(19(13)26)10-11-2-1-3-12(8-11)18(21)22;3-2(4,5)1(6)7/h1-5,8-9,13,24H,6-7,10H2,(H3,21,22);(H,6,7). The summed E-state index contributed by atoms with van der Waals surface area (Å²) in [5.41, 5.74) is 7.42. The average molecular weight is 578 g/mol. The fourth-order valence-corrected chi connectivity index (χ4v) is 6.03. The van der Waals surface area contributed by atoms with E-state index in [1.807, 2.05) is 6.07 Å². The van der Waals surface area contributed by atoms with E-state index in [0.29, 0.717) is 35.3 Å². The van der Waals surface area contributed by atoms with Crippen molar-refractivity contribution in [2.75, 3.05) is 6.54 Å². The highest BCUT2D eigenvalue weighted by molar-refractivity contribution is 7.91. The van der Waals surface area contributed by atoms with Crippen LogP contribution >= 0.6 is 22.9 Å². The molecule has 1 atom stereocenters. The van der Waals surface area contributed by atoms with Gasteiger partial charge in [0.05, 0.1) is 10.2 Å². The van der Waals surface area contributed by atoms with E-state index in [1.165, 1.54) is 6.07 Å². The van der Waals surface area contributed by atoms with Crippen LogP contribution in [-0.2, 0) is 26.2 Å².